The summed E-state index contributed by atoms with van der Waals surface area (Å²) in [5.41, 5.74) is 9.31. The van der Waals surface area contributed by atoms with Gasteiger partial charge >= 0.3 is 17.6 Å². The van der Waals surface area contributed by atoms with Gasteiger partial charge in [-0.2, -0.15) is 5.10 Å². The van der Waals surface area contributed by atoms with Crippen molar-refractivity contribution in [2.45, 2.75) is 26.1 Å². The highest BCUT2D eigenvalue weighted by Gasteiger charge is 2.20. The minimum absolute atomic E-state index is 0. The Labute approximate surface area is 317 Å². The SMILES string of the molecule is CCOC(=O)/C(Cl)=N/Nc1ccc(Cl)cc1Cl.CCOC(=O)C(Cl)C(C)=O.Cl.N#[N+]c1ccc(Cl)cc1Cl.Nc1ccc(Cl)cc1Cl. The van der Waals surface area contributed by atoms with Gasteiger partial charge in [-0.15, -0.1) is 24.0 Å². The summed E-state index contributed by atoms with van der Waals surface area (Å²) in [4.78, 5) is 35.1. The number of hydrogen-bond acceptors (Lipinski definition) is 9. The molecule has 0 saturated heterocycles. The summed E-state index contributed by atoms with van der Waals surface area (Å²) in [5.74, 6) is -1.76. The van der Waals surface area contributed by atoms with Crippen molar-refractivity contribution in [3.8, 4) is 0 Å². The number of nitrogens with zero attached hydrogens (tertiary/aromatic N) is 3. The van der Waals surface area contributed by atoms with E-state index in [2.05, 4.69) is 25.0 Å². The maximum atomic E-state index is 11.1. The normalized spacial score (nSPS) is 10.4. The lowest BCUT2D eigenvalue weighted by Crippen LogP contribution is -2.24. The molecule has 3 aromatic rings. The average molecular weight is 833 g/mol. The van der Waals surface area contributed by atoms with Crippen LogP contribution in [0.1, 0.15) is 20.8 Å². The number of nitrogens with two attached hydrogens (primary N) is 1. The molecule has 10 nitrogen and oxygen atoms in total. The van der Waals surface area contributed by atoms with Gasteiger partial charge in [0.15, 0.2) is 16.1 Å². The molecule has 0 aliphatic heterocycles. The van der Waals surface area contributed by atoms with E-state index in [1.807, 2.05) is 0 Å². The predicted molar refractivity (Wildman–Crippen MR) is 196 cm³/mol. The van der Waals surface area contributed by atoms with E-state index in [1.54, 1.807) is 56.3 Å². The minimum Gasteiger partial charge on any atom is -0.465 e. The van der Waals surface area contributed by atoms with Gasteiger partial charge in [0.2, 0.25) is 10.6 Å². The molecule has 0 aliphatic carbocycles. The van der Waals surface area contributed by atoms with E-state index in [1.165, 1.54) is 19.1 Å². The Kier molecular flexibility index (Phi) is 25.4. The van der Waals surface area contributed by atoms with Gasteiger partial charge in [-0.1, -0.05) is 81.2 Å². The number of halogens is 9. The fraction of sp³-hybridized carbons (Fsp3) is 0.214. The molecule has 0 spiro atoms. The van der Waals surface area contributed by atoms with Gasteiger partial charge in [0, 0.05) is 21.1 Å². The lowest BCUT2D eigenvalue weighted by atomic mass is 10.3. The number of carbonyl (C=O) groups is 3. The molecule has 0 amide bonds. The summed E-state index contributed by atoms with van der Waals surface area (Å²) in [6, 6.07) is 14.4. The van der Waals surface area contributed by atoms with E-state index in [4.69, 9.17) is 104 Å². The van der Waals surface area contributed by atoms with Crippen molar-refractivity contribution in [1.82, 2.24) is 0 Å². The molecule has 19 heteroatoms. The second-order valence-corrected chi connectivity index (χ2v) is 11.3. The van der Waals surface area contributed by atoms with Gasteiger partial charge < -0.3 is 15.2 Å². The van der Waals surface area contributed by atoms with E-state index in [-0.39, 0.29) is 36.6 Å². The third kappa shape index (κ3) is 19.9. The quantitative estimate of drug-likeness (QED) is 0.0455. The Hall–Kier alpha value is -2.43. The number of anilines is 2. The second-order valence-electron chi connectivity index (χ2n) is 7.95. The number of carbonyl (C=O) groups excluding carboxylic acids is 3. The zero-order valence-corrected chi connectivity index (χ0v) is 31.4. The number of ether oxygens (including phenoxy) is 2. The van der Waals surface area contributed by atoms with E-state index in [9.17, 15) is 14.4 Å². The summed E-state index contributed by atoms with van der Waals surface area (Å²) in [6.07, 6.45) is 0. The highest BCUT2D eigenvalue weighted by atomic mass is 35.5. The third-order valence-corrected chi connectivity index (χ3v) is 6.85. The van der Waals surface area contributed by atoms with Crippen LogP contribution in [0.25, 0.3) is 4.98 Å². The van der Waals surface area contributed by atoms with Gasteiger partial charge in [0.1, 0.15) is 5.02 Å². The lowest BCUT2D eigenvalue weighted by molar-refractivity contribution is -0.144. The number of rotatable bonds is 7. The highest BCUT2D eigenvalue weighted by molar-refractivity contribution is 6.82. The van der Waals surface area contributed by atoms with Gasteiger partial charge in [0.25, 0.3) is 0 Å². The first-order valence-corrected chi connectivity index (χ1v) is 15.6. The first-order valence-electron chi connectivity index (χ1n) is 12.5. The number of nitrogen functional groups attached to an aromatic ring is 1. The zero-order chi connectivity index (χ0) is 35.4. The maximum absolute atomic E-state index is 11.1. The molecule has 0 saturated carbocycles. The number of diazo groups is 1. The van der Waals surface area contributed by atoms with Crippen LogP contribution in [0.2, 0.25) is 30.1 Å². The summed E-state index contributed by atoms with van der Waals surface area (Å²) in [6.45, 7) is 5.05. The Bertz CT molecular complexity index is 1560. The van der Waals surface area contributed by atoms with Crippen LogP contribution in [-0.4, -0.2) is 41.5 Å². The third-order valence-electron chi connectivity index (χ3n) is 4.48. The first-order chi connectivity index (χ1) is 21.6. The number of Topliss-reactive ketones (excluding diaryl/α,β-unsaturated/α-hetero) is 1. The average Bonchev–Trinajstić information content (AvgIpc) is 2.99. The van der Waals surface area contributed by atoms with Crippen molar-refractivity contribution in [2.24, 2.45) is 5.10 Å². The van der Waals surface area contributed by atoms with Crippen LogP contribution in [0.5, 0.6) is 0 Å². The largest absolute Gasteiger partial charge is 0.465 e. The molecule has 0 aromatic heterocycles. The smallest absolute Gasteiger partial charge is 0.403 e. The fourth-order valence-corrected chi connectivity index (χ4v) is 3.84. The number of nitrogens with one attached hydrogen (secondary N) is 1. The van der Waals surface area contributed by atoms with Gasteiger partial charge in [-0.3, -0.25) is 10.2 Å². The molecule has 0 aliphatic rings. The Morgan fingerprint density at radius 2 is 1.34 bits per heavy atom. The van der Waals surface area contributed by atoms with Crippen LogP contribution in [0.3, 0.4) is 0 Å². The van der Waals surface area contributed by atoms with Crippen molar-refractivity contribution in [2.75, 3.05) is 24.4 Å². The topological polar surface area (TPSA) is 148 Å². The standard InChI is InChI=1S/C10H9Cl3N2O2.C6H3Cl2N2.C6H5Cl2N.C6H9ClO3.ClH/c1-2-17-10(16)9(13)15-14-8-4-3-6(11)5-7(8)12;7-4-1-2-6(10-9)5(8)3-4;7-4-1-2-6(9)5(8)3-4;1-3-10-6(9)5(7)4(2)8;/h3-5,14H,2H2,1H3;1-3H;1-3H,9H2;5H,3H2,1-2H3;1H/q;+1;;;/b15-9-;;;;. The van der Waals surface area contributed by atoms with Crippen LogP contribution in [-0.2, 0) is 23.9 Å². The number of benzene rings is 3. The number of hydrogen-bond donors (Lipinski definition) is 2. The summed E-state index contributed by atoms with van der Waals surface area (Å²) >= 11 is 44.8. The number of alkyl halides is 1. The van der Waals surface area contributed by atoms with Crippen LogP contribution in [0.4, 0.5) is 17.1 Å². The van der Waals surface area contributed by atoms with Crippen molar-refractivity contribution in [1.29, 1.82) is 5.39 Å². The molecule has 3 aromatic carbocycles. The first kappa shape index (κ1) is 46.7. The predicted octanol–water partition coefficient (Wildman–Crippen LogP) is 10.7. The summed E-state index contributed by atoms with van der Waals surface area (Å²) in [5, 5.41) is 13.3. The minimum atomic E-state index is -1.14. The van der Waals surface area contributed by atoms with Crippen LogP contribution in [0.15, 0.2) is 59.7 Å². The lowest BCUT2D eigenvalue weighted by Gasteiger charge is -2.04. The van der Waals surface area contributed by atoms with E-state index < -0.39 is 17.3 Å². The van der Waals surface area contributed by atoms with Gasteiger partial charge in [-0.25, -0.2) is 9.59 Å². The molecule has 0 bridgehead atoms. The molecule has 256 valence electrons. The Balaban J connectivity index is 0. The molecule has 0 fully saturated rings. The highest BCUT2D eigenvalue weighted by Crippen LogP contribution is 2.27. The fourth-order valence-electron chi connectivity index (χ4n) is 2.37. The van der Waals surface area contributed by atoms with Crippen LogP contribution in [0, 0.1) is 5.39 Å². The summed E-state index contributed by atoms with van der Waals surface area (Å²) in [7, 11) is 0. The van der Waals surface area contributed by atoms with Crippen molar-refractivity contribution >= 4 is 145 Å². The van der Waals surface area contributed by atoms with Crippen molar-refractivity contribution in [3.63, 3.8) is 0 Å². The van der Waals surface area contributed by atoms with Crippen molar-refractivity contribution in [3.05, 3.63) is 89.7 Å². The van der Waals surface area contributed by atoms with Crippen molar-refractivity contribution < 1.29 is 23.9 Å². The van der Waals surface area contributed by atoms with Gasteiger partial charge in [-0.05, 0) is 69.3 Å². The molecule has 3 N–H and O–H groups in total. The number of ketones is 1. The number of esters is 2. The van der Waals surface area contributed by atoms with E-state index in [0.29, 0.717) is 47.2 Å². The molecule has 1 unspecified atom stereocenters. The summed E-state index contributed by atoms with van der Waals surface area (Å²) < 4.78 is 9.12. The molecular weight excluding hydrogens is 805 g/mol. The van der Waals surface area contributed by atoms with E-state index in [0.717, 1.165) is 0 Å². The molecule has 0 radical (unpaired) electrons. The van der Waals surface area contributed by atoms with E-state index >= 15 is 0 Å². The monoisotopic (exact) mass is 828 g/mol. The maximum Gasteiger partial charge on any atom is 0.403 e. The van der Waals surface area contributed by atoms with Crippen LogP contribution >= 0.6 is 105 Å². The second kappa shape index (κ2) is 25.6. The van der Waals surface area contributed by atoms with Crippen LogP contribution < -0.4 is 11.2 Å². The number of hydrazone groups is 1. The Morgan fingerprint density at radius 1 is 0.851 bits per heavy atom. The van der Waals surface area contributed by atoms with Gasteiger partial charge in [0.05, 0.1) is 34.6 Å². The molecular formula is C28H27Cl9N5O5+. The molecule has 0 heterocycles. The molecule has 3 rings (SSSR count). The zero-order valence-electron chi connectivity index (χ0n) is 24.6. The molecule has 1 atom stereocenters. The molecule has 47 heavy (non-hydrogen) atoms. The Morgan fingerprint density at radius 3 is 1.77 bits per heavy atom.